The second-order valence-corrected chi connectivity index (χ2v) is 18.1. The molecule has 0 aromatic carbocycles. The summed E-state index contributed by atoms with van der Waals surface area (Å²) in [5, 5.41) is 0. The molecule has 2 fully saturated rings. The summed E-state index contributed by atoms with van der Waals surface area (Å²) in [5.74, 6) is 2.05. The third-order valence-corrected chi connectivity index (χ3v) is 15.1. The monoisotopic (exact) mass is 626 g/mol. The van der Waals surface area contributed by atoms with Crippen LogP contribution in [0.15, 0.2) is 11.1 Å². The van der Waals surface area contributed by atoms with E-state index in [4.69, 9.17) is 4.74 Å². The van der Waals surface area contributed by atoms with Crippen molar-refractivity contribution in [2.45, 2.75) is 142 Å². The topological polar surface area (TPSA) is 26.3 Å². The Balaban J connectivity index is 1.59. The van der Waals surface area contributed by atoms with E-state index in [2.05, 4.69) is 87.2 Å². The first-order chi connectivity index (χ1) is 16.5. The van der Waals surface area contributed by atoms with Crippen LogP contribution in [0.2, 0.25) is 0 Å². The fourth-order valence-electron chi connectivity index (χ4n) is 9.98. The summed E-state index contributed by atoms with van der Waals surface area (Å²) in [7, 11) is 0. The lowest BCUT2D eigenvalue weighted by Gasteiger charge is -2.62. The van der Waals surface area contributed by atoms with Gasteiger partial charge in [0, 0.05) is 21.5 Å². The number of rotatable bonds is 6. The Hall–Kier alpha value is 0.170. The quantitative estimate of drug-likeness (QED) is 0.166. The molecule has 0 amide bonds. The fourth-order valence-corrected chi connectivity index (χ4v) is 10.5. The van der Waals surface area contributed by atoms with Crippen molar-refractivity contribution in [2.24, 2.45) is 39.4 Å². The summed E-state index contributed by atoms with van der Waals surface area (Å²) in [5.41, 5.74) is 4.71. The van der Waals surface area contributed by atoms with Crippen LogP contribution in [0.4, 0.5) is 0 Å². The predicted molar refractivity (Wildman–Crippen MR) is 159 cm³/mol. The lowest BCUT2D eigenvalue weighted by Crippen LogP contribution is -2.55. The lowest BCUT2D eigenvalue weighted by molar-refractivity contribution is -0.167. The molecule has 36 heavy (non-hydrogen) atoms. The molecule has 0 spiro atoms. The van der Waals surface area contributed by atoms with Crippen LogP contribution in [0, 0.1) is 39.4 Å². The minimum Gasteiger partial charge on any atom is -0.462 e. The molecule has 4 heteroatoms. The molecule has 4 rings (SSSR count). The largest absolute Gasteiger partial charge is 0.462 e. The second kappa shape index (κ2) is 9.67. The van der Waals surface area contributed by atoms with Gasteiger partial charge in [-0.2, -0.15) is 0 Å². The Morgan fingerprint density at radius 3 is 2.28 bits per heavy atom. The van der Waals surface area contributed by atoms with E-state index < -0.39 is 0 Å². The highest BCUT2D eigenvalue weighted by atomic mass is 79.9. The van der Waals surface area contributed by atoms with Gasteiger partial charge in [-0.05, 0) is 112 Å². The third-order valence-electron chi connectivity index (χ3n) is 12.4. The summed E-state index contributed by atoms with van der Waals surface area (Å²) >= 11 is 7.83. The van der Waals surface area contributed by atoms with Gasteiger partial charge in [0.05, 0.1) is 0 Å². The van der Waals surface area contributed by atoms with Crippen LogP contribution in [0.25, 0.3) is 0 Å². The van der Waals surface area contributed by atoms with Gasteiger partial charge < -0.3 is 4.74 Å². The van der Waals surface area contributed by atoms with E-state index in [0.29, 0.717) is 21.6 Å². The Kier molecular flexibility index (Phi) is 7.83. The molecule has 0 N–H and O–H groups in total. The zero-order valence-corrected chi connectivity index (χ0v) is 27.7. The number of allylic oxidation sites excluding steroid dienone is 2. The average molecular weight is 629 g/mol. The van der Waals surface area contributed by atoms with Gasteiger partial charge in [0.2, 0.25) is 0 Å². The van der Waals surface area contributed by atoms with E-state index in [1.807, 2.05) is 11.1 Å². The number of alkyl halides is 2. The molecule has 0 aliphatic heterocycles. The van der Waals surface area contributed by atoms with E-state index in [-0.39, 0.29) is 27.2 Å². The molecule has 8 unspecified atom stereocenters. The molecular weight excluding hydrogens is 576 g/mol. The van der Waals surface area contributed by atoms with E-state index >= 15 is 0 Å². The summed E-state index contributed by atoms with van der Waals surface area (Å²) < 4.78 is 6.02. The highest BCUT2D eigenvalue weighted by Gasteiger charge is 2.63. The van der Waals surface area contributed by atoms with Crippen LogP contribution in [0.3, 0.4) is 0 Å². The van der Waals surface area contributed by atoms with E-state index in [1.165, 1.54) is 57.8 Å². The van der Waals surface area contributed by atoms with Crippen LogP contribution in [0.5, 0.6) is 0 Å². The molecule has 4 aliphatic carbocycles. The van der Waals surface area contributed by atoms with Crippen LogP contribution in [-0.2, 0) is 9.53 Å². The molecule has 0 aromatic rings. The summed E-state index contributed by atoms with van der Waals surface area (Å²) in [6.45, 7) is 21.3. The van der Waals surface area contributed by atoms with E-state index in [9.17, 15) is 4.79 Å². The van der Waals surface area contributed by atoms with Gasteiger partial charge in [0.15, 0.2) is 0 Å². The molecule has 0 aromatic heterocycles. The Bertz CT molecular complexity index is 900. The van der Waals surface area contributed by atoms with Gasteiger partial charge in [-0.1, -0.05) is 84.5 Å². The number of halogens is 2. The van der Waals surface area contributed by atoms with Gasteiger partial charge in [0.25, 0.3) is 0 Å². The highest BCUT2D eigenvalue weighted by molar-refractivity contribution is 9.12. The van der Waals surface area contributed by atoms with Gasteiger partial charge in [-0.3, -0.25) is 4.79 Å². The third kappa shape index (κ3) is 4.52. The Morgan fingerprint density at radius 2 is 1.67 bits per heavy atom. The van der Waals surface area contributed by atoms with Crippen molar-refractivity contribution in [3.63, 3.8) is 0 Å². The first-order valence-electron chi connectivity index (χ1n) is 14.7. The first kappa shape index (κ1) is 29.2. The second-order valence-electron chi connectivity index (χ2n) is 14.9. The van der Waals surface area contributed by atoms with Crippen LogP contribution in [0.1, 0.15) is 127 Å². The standard InChI is InChI=1S/C32H52Br2O2/c1-20(10-13-26(33)29(5,6)34)22-14-18-32(9)24-11-12-25-28(3,4)27(36-21(2)35)16-17-30(25,7)23(24)15-19-31(22,32)8/h20,22,25-27H,10-19H2,1-9H3. The predicted octanol–water partition coefficient (Wildman–Crippen LogP) is 10.0. The van der Waals surface area contributed by atoms with Crippen molar-refractivity contribution < 1.29 is 9.53 Å². The maximum atomic E-state index is 11.9. The fraction of sp³-hybridized carbons (Fsp3) is 0.906. The van der Waals surface area contributed by atoms with Crippen LogP contribution < -0.4 is 0 Å². The zero-order chi connectivity index (χ0) is 26.9. The number of hydrogen-bond donors (Lipinski definition) is 0. The van der Waals surface area contributed by atoms with Crippen molar-refractivity contribution in [3.05, 3.63) is 11.1 Å². The first-order valence-corrected chi connectivity index (χ1v) is 16.4. The molecule has 206 valence electrons. The summed E-state index contributed by atoms with van der Waals surface area (Å²) in [4.78, 5) is 12.4. The maximum Gasteiger partial charge on any atom is 0.302 e. The molecule has 0 heterocycles. The van der Waals surface area contributed by atoms with E-state index in [1.54, 1.807) is 6.92 Å². The normalized spacial score (nSPS) is 41.7. The molecular formula is C32H52Br2O2. The molecule has 4 aliphatic rings. The molecule has 0 radical (unpaired) electrons. The van der Waals surface area contributed by atoms with Crippen LogP contribution in [-0.4, -0.2) is 21.2 Å². The SMILES string of the molecule is CC(=O)OC1CCC2(C)C3=C(CCC2C1(C)C)C1(C)CCC(C(C)CCC(Br)C(C)(C)Br)C1(C)CC3. The number of hydrogen-bond acceptors (Lipinski definition) is 2. The zero-order valence-electron chi connectivity index (χ0n) is 24.5. The minimum absolute atomic E-state index is 0.0288. The smallest absolute Gasteiger partial charge is 0.302 e. The molecule has 8 atom stereocenters. The van der Waals surface area contributed by atoms with Crippen molar-refractivity contribution in [2.75, 3.05) is 0 Å². The minimum atomic E-state index is -0.120. The van der Waals surface area contributed by atoms with Crippen molar-refractivity contribution in [1.29, 1.82) is 0 Å². The molecule has 2 nitrogen and oxygen atoms in total. The van der Waals surface area contributed by atoms with Crippen molar-refractivity contribution in [3.8, 4) is 0 Å². The number of carbonyl (C=O) groups is 1. The van der Waals surface area contributed by atoms with Gasteiger partial charge in [-0.15, -0.1) is 0 Å². The van der Waals surface area contributed by atoms with Crippen molar-refractivity contribution >= 4 is 37.8 Å². The summed E-state index contributed by atoms with van der Waals surface area (Å²) in [6.07, 6.45) is 12.6. The number of esters is 1. The lowest BCUT2D eigenvalue weighted by atomic mass is 9.43. The molecule has 0 bridgehead atoms. The maximum absolute atomic E-state index is 11.9. The number of ether oxygens (including phenoxy) is 1. The Labute approximate surface area is 238 Å². The Morgan fingerprint density at radius 1 is 1.00 bits per heavy atom. The van der Waals surface area contributed by atoms with Gasteiger partial charge >= 0.3 is 5.97 Å². The average Bonchev–Trinajstić information content (AvgIpc) is 3.04. The van der Waals surface area contributed by atoms with Crippen molar-refractivity contribution in [1.82, 2.24) is 0 Å². The molecule has 2 saturated carbocycles. The van der Waals surface area contributed by atoms with Gasteiger partial charge in [-0.25, -0.2) is 0 Å². The number of carbonyl (C=O) groups excluding carboxylic acids is 1. The highest BCUT2D eigenvalue weighted by Crippen LogP contribution is 2.72. The van der Waals surface area contributed by atoms with Crippen LogP contribution >= 0.6 is 31.9 Å². The summed E-state index contributed by atoms with van der Waals surface area (Å²) in [6, 6.07) is 0. The molecule has 0 saturated heterocycles. The van der Waals surface area contributed by atoms with Gasteiger partial charge in [0.1, 0.15) is 6.10 Å². The van der Waals surface area contributed by atoms with E-state index in [0.717, 1.165) is 18.3 Å². The number of fused-ring (bicyclic) bond motifs is 4.